The molecule has 0 aliphatic carbocycles. The molecule has 0 aromatic heterocycles. The first kappa shape index (κ1) is 51.8. The van der Waals surface area contributed by atoms with Gasteiger partial charge in [0.15, 0.2) is 0 Å². The van der Waals surface area contributed by atoms with Crippen molar-refractivity contribution in [2.24, 2.45) is 0 Å². The summed E-state index contributed by atoms with van der Waals surface area (Å²) >= 11 is 0. The zero-order valence-electron chi connectivity index (χ0n) is 35.4. The molecule has 2 heterocycles. The third-order valence-corrected chi connectivity index (χ3v) is 10.4. The number of alkyl halides is 12. The van der Waals surface area contributed by atoms with Crippen LogP contribution in [0.3, 0.4) is 0 Å². The number of halogens is 12. The molecule has 2 N–H and O–H groups in total. The summed E-state index contributed by atoms with van der Waals surface area (Å²) in [7, 11) is 0. The fourth-order valence-electron chi connectivity index (χ4n) is 6.87. The lowest BCUT2D eigenvalue weighted by atomic mass is 9.98. The molecule has 2 saturated heterocycles. The van der Waals surface area contributed by atoms with E-state index in [1.807, 2.05) is 49.1 Å². The van der Waals surface area contributed by atoms with Gasteiger partial charge < -0.3 is 20.1 Å². The second kappa shape index (κ2) is 21.9. The number of carbonyl (C=O) groups excluding carboxylic acids is 1. The SMILES string of the molecule is Cc1cccc(-c2ccc(CN3CCN(C(=O)OC(C(F)(F)F)C(F)(F)F)CC3)c(C)c2)c1.Cc1cccc(-c2ccc(CN3CCNCC3)c(C)c2)c1.OC(C(F)(F)F)C(F)(F)F. The molecule has 0 spiro atoms. The van der Waals surface area contributed by atoms with Crippen LogP contribution in [0.15, 0.2) is 84.9 Å². The number of hydrogen-bond donors (Lipinski definition) is 2. The van der Waals surface area contributed by atoms with Crippen molar-refractivity contribution in [3.8, 4) is 22.3 Å². The van der Waals surface area contributed by atoms with Crippen molar-refractivity contribution >= 4 is 6.09 Å². The minimum atomic E-state index is -5.72. The predicted molar refractivity (Wildman–Crippen MR) is 218 cm³/mol. The number of carbonyl (C=O) groups is 1. The van der Waals surface area contributed by atoms with Gasteiger partial charge in [-0.2, -0.15) is 52.7 Å². The van der Waals surface area contributed by atoms with E-state index in [9.17, 15) is 57.5 Å². The highest BCUT2D eigenvalue weighted by atomic mass is 19.4. The highest BCUT2D eigenvalue weighted by molar-refractivity contribution is 5.68. The number of benzene rings is 4. The van der Waals surface area contributed by atoms with Gasteiger partial charge in [-0.25, -0.2) is 4.79 Å². The van der Waals surface area contributed by atoms with Crippen LogP contribution in [0.5, 0.6) is 0 Å². The maximum atomic E-state index is 12.6. The van der Waals surface area contributed by atoms with Crippen molar-refractivity contribution < 1.29 is 67.3 Å². The Morgan fingerprint density at radius 2 is 0.953 bits per heavy atom. The van der Waals surface area contributed by atoms with E-state index in [1.54, 1.807) is 0 Å². The van der Waals surface area contributed by atoms with Crippen LogP contribution in [0.25, 0.3) is 22.3 Å². The third-order valence-electron chi connectivity index (χ3n) is 10.4. The smallest absolute Gasteiger partial charge is 0.426 e. The number of amides is 1. The number of nitrogens with one attached hydrogen (secondary N) is 1. The summed E-state index contributed by atoms with van der Waals surface area (Å²) in [5.41, 5.74) is 12.3. The van der Waals surface area contributed by atoms with Gasteiger partial charge in [0.2, 0.25) is 6.10 Å². The summed E-state index contributed by atoms with van der Waals surface area (Å²) in [6, 6.07) is 29.8. The molecular formula is C45H50F12N4O3. The summed E-state index contributed by atoms with van der Waals surface area (Å²) in [4.78, 5) is 17.3. The van der Waals surface area contributed by atoms with E-state index in [0.717, 1.165) is 65.4 Å². The van der Waals surface area contributed by atoms with Gasteiger partial charge >= 0.3 is 30.8 Å². The Morgan fingerprint density at radius 1 is 0.562 bits per heavy atom. The lowest BCUT2D eigenvalue weighted by Crippen LogP contribution is -2.52. The van der Waals surface area contributed by atoms with Crippen LogP contribution in [0.4, 0.5) is 57.5 Å². The molecule has 0 radical (unpaired) electrons. The van der Waals surface area contributed by atoms with E-state index >= 15 is 0 Å². The molecule has 6 rings (SSSR count). The Hall–Kier alpha value is -4.85. The number of aryl methyl sites for hydroxylation is 4. The highest BCUT2D eigenvalue weighted by Gasteiger charge is 2.60. The Morgan fingerprint density at radius 3 is 1.30 bits per heavy atom. The zero-order valence-corrected chi connectivity index (χ0v) is 35.4. The van der Waals surface area contributed by atoms with Crippen LogP contribution in [-0.4, -0.2) is 115 Å². The van der Waals surface area contributed by atoms with E-state index in [4.69, 9.17) is 5.11 Å². The first-order valence-corrected chi connectivity index (χ1v) is 20.1. The number of hydrogen-bond acceptors (Lipinski definition) is 6. The second-order valence-electron chi connectivity index (χ2n) is 15.6. The molecule has 4 aromatic rings. The predicted octanol–water partition coefficient (Wildman–Crippen LogP) is 10.6. The molecular weight excluding hydrogens is 872 g/mol. The molecule has 2 aliphatic rings. The minimum Gasteiger partial charge on any atom is -0.426 e. The average molecular weight is 923 g/mol. The largest absolute Gasteiger partial charge is 0.434 e. The monoisotopic (exact) mass is 922 g/mol. The van der Waals surface area contributed by atoms with Crippen molar-refractivity contribution in [1.82, 2.24) is 20.0 Å². The molecule has 0 saturated carbocycles. The first-order chi connectivity index (χ1) is 29.7. The van der Waals surface area contributed by atoms with Crippen LogP contribution >= 0.6 is 0 Å². The van der Waals surface area contributed by atoms with Gasteiger partial charge in [-0.1, -0.05) is 96.1 Å². The van der Waals surface area contributed by atoms with Crippen molar-refractivity contribution in [3.63, 3.8) is 0 Å². The van der Waals surface area contributed by atoms with Crippen LogP contribution in [0.1, 0.15) is 33.4 Å². The van der Waals surface area contributed by atoms with E-state index in [0.29, 0.717) is 19.6 Å². The summed E-state index contributed by atoms with van der Waals surface area (Å²) in [5.74, 6) is 0. The van der Waals surface area contributed by atoms with Gasteiger partial charge in [-0.15, -0.1) is 0 Å². The van der Waals surface area contributed by atoms with Crippen molar-refractivity contribution in [1.29, 1.82) is 0 Å². The lowest BCUT2D eigenvalue weighted by molar-refractivity contribution is -0.309. The number of rotatable bonds is 7. The Labute approximate surface area is 363 Å². The van der Waals surface area contributed by atoms with E-state index in [2.05, 4.69) is 83.4 Å². The third kappa shape index (κ3) is 15.7. The molecule has 1 amide bonds. The molecule has 19 heteroatoms. The number of piperazine rings is 2. The summed E-state index contributed by atoms with van der Waals surface area (Å²) in [6.45, 7) is 15.1. The lowest BCUT2D eigenvalue weighted by Gasteiger charge is -2.35. The van der Waals surface area contributed by atoms with E-state index < -0.39 is 43.0 Å². The number of ether oxygens (including phenoxy) is 1. The normalized spacial score (nSPS) is 15.6. The summed E-state index contributed by atoms with van der Waals surface area (Å²) in [6.07, 6.45) is -32.7. The topological polar surface area (TPSA) is 68.3 Å². The maximum absolute atomic E-state index is 12.6. The molecule has 4 aromatic carbocycles. The van der Waals surface area contributed by atoms with Crippen molar-refractivity contribution in [3.05, 3.63) is 118 Å². The highest BCUT2D eigenvalue weighted by Crippen LogP contribution is 2.36. The summed E-state index contributed by atoms with van der Waals surface area (Å²) < 4.78 is 145. The van der Waals surface area contributed by atoms with E-state index in [-0.39, 0.29) is 13.1 Å². The molecule has 64 heavy (non-hydrogen) atoms. The van der Waals surface area contributed by atoms with Gasteiger partial charge in [0.1, 0.15) is 0 Å². The first-order valence-electron chi connectivity index (χ1n) is 20.1. The standard InChI is InChI=1S/C23H24F6N2O2.C19H24N2.C3H2F6O/c1-15-4-3-5-17(12-15)18-6-7-19(16(2)13-18)14-30-8-10-31(11-9-30)21(32)33-20(22(24,25)26)23(27,28)29;1-15-4-3-5-17(12-15)18-6-7-19(16(2)13-18)14-21-10-8-20-9-11-21;4-2(5,6)1(10)3(7,8)9/h3-7,12-13,20H,8-11,14H2,1-2H3;3-7,12-13,20H,8-11,14H2,1-2H3;1,10H. The van der Waals surface area contributed by atoms with Gasteiger partial charge in [0, 0.05) is 65.4 Å². The second-order valence-corrected chi connectivity index (χ2v) is 15.6. The molecule has 0 bridgehead atoms. The zero-order chi connectivity index (χ0) is 47.6. The fraction of sp³-hybridized carbons (Fsp3) is 0.444. The van der Waals surface area contributed by atoms with Crippen molar-refractivity contribution in [2.75, 3.05) is 52.4 Å². The van der Waals surface area contributed by atoms with Crippen LogP contribution in [-0.2, 0) is 17.8 Å². The molecule has 0 atom stereocenters. The Bertz CT molecular complexity index is 2100. The molecule has 0 unspecified atom stereocenters. The summed E-state index contributed by atoms with van der Waals surface area (Å²) in [5, 5.41) is 10.9. The van der Waals surface area contributed by atoms with Crippen molar-refractivity contribution in [2.45, 2.75) is 77.7 Å². The van der Waals surface area contributed by atoms with Gasteiger partial charge in [-0.05, 0) is 72.2 Å². The van der Waals surface area contributed by atoms with Gasteiger partial charge in [0.25, 0.3) is 6.10 Å². The number of aliphatic hydroxyl groups excluding tert-OH is 1. The number of aliphatic hydroxyl groups is 1. The van der Waals surface area contributed by atoms with E-state index in [1.165, 1.54) is 27.8 Å². The molecule has 2 fully saturated rings. The maximum Gasteiger partial charge on any atom is 0.434 e. The molecule has 352 valence electrons. The van der Waals surface area contributed by atoms with Gasteiger partial charge in [-0.3, -0.25) is 9.80 Å². The Balaban J connectivity index is 0.000000245. The minimum absolute atomic E-state index is 0.0261. The van der Waals surface area contributed by atoms with Gasteiger partial charge in [0.05, 0.1) is 0 Å². The van der Waals surface area contributed by atoms with Crippen LogP contribution in [0.2, 0.25) is 0 Å². The van der Waals surface area contributed by atoms with Crippen LogP contribution < -0.4 is 5.32 Å². The molecule has 7 nitrogen and oxygen atoms in total. The Kier molecular flexibility index (Phi) is 17.7. The average Bonchev–Trinajstić information content (AvgIpc) is 3.20. The number of nitrogens with zero attached hydrogens (tertiary/aromatic N) is 3. The van der Waals surface area contributed by atoms with Crippen LogP contribution in [0, 0.1) is 27.7 Å². The fourth-order valence-corrected chi connectivity index (χ4v) is 6.87. The quantitative estimate of drug-likeness (QED) is 0.180. The molecule has 2 aliphatic heterocycles.